The summed E-state index contributed by atoms with van der Waals surface area (Å²) in [6, 6.07) is 0. The number of ether oxygens (including phenoxy) is 1. The second-order valence-corrected chi connectivity index (χ2v) is 3.42. The van der Waals surface area contributed by atoms with Crippen molar-refractivity contribution in [3.8, 4) is 0 Å². The Labute approximate surface area is 62.1 Å². The van der Waals surface area contributed by atoms with Gasteiger partial charge in [0.2, 0.25) is 0 Å². The predicted octanol–water partition coefficient (Wildman–Crippen LogP) is 2.34. The Morgan fingerprint density at radius 2 is 2.40 bits per heavy atom. The molecule has 2 aliphatic rings. The van der Waals surface area contributed by atoms with Crippen LogP contribution in [0.3, 0.4) is 0 Å². The second-order valence-electron chi connectivity index (χ2n) is 3.42. The summed E-state index contributed by atoms with van der Waals surface area (Å²) in [5.41, 5.74) is 0. The molecule has 0 aliphatic heterocycles. The first kappa shape index (κ1) is 6.26. The zero-order chi connectivity index (χ0) is 6.97. The second kappa shape index (κ2) is 2.30. The van der Waals surface area contributed by atoms with Crippen LogP contribution in [-0.2, 0) is 4.74 Å². The van der Waals surface area contributed by atoms with E-state index in [4.69, 9.17) is 4.74 Å². The Kier molecular flexibility index (Phi) is 1.44. The average molecular weight is 138 g/mol. The SMILES string of the molecule is COC1=CCC2CCC1C2. The lowest BCUT2D eigenvalue weighted by atomic mass is 9.94. The minimum Gasteiger partial charge on any atom is -0.501 e. The van der Waals surface area contributed by atoms with Gasteiger partial charge in [0.15, 0.2) is 0 Å². The Morgan fingerprint density at radius 3 is 3.20 bits per heavy atom. The normalized spacial score (nSPS) is 37.5. The first-order valence-corrected chi connectivity index (χ1v) is 4.14. The van der Waals surface area contributed by atoms with Crippen molar-refractivity contribution in [2.75, 3.05) is 7.11 Å². The zero-order valence-corrected chi connectivity index (χ0v) is 6.47. The molecule has 1 heteroatoms. The molecule has 1 nitrogen and oxygen atoms in total. The lowest BCUT2D eigenvalue weighted by Gasteiger charge is -2.18. The highest BCUT2D eigenvalue weighted by Gasteiger charge is 2.30. The van der Waals surface area contributed by atoms with Gasteiger partial charge >= 0.3 is 0 Å². The van der Waals surface area contributed by atoms with Crippen LogP contribution in [0.1, 0.15) is 25.7 Å². The van der Waals surface area contributed by atoms with Gasteiger partial charge in [-0.2, -0.15) is 0 Å². The molecule has 10 heavy (non-hydrogen) atoms. The van der Waals surface area contributed by atoms with Gasteiger partial charge in [0.1, 0.15) is 0 Å². The van der Waals surface area contributed by atoms with E-state index in [9.17, 15) is 0 Å². The fourth-order valence-corrected chi connectivity index (χ4v) is 2.25. The molecule has 0 aromatic rings. The number of allylic oxidation sites excluding steroid dienone is 2. The Balaban J connectivity index is 2.14. The molecule has 0 aromatic carbocycles. The van der Waals surface area contributed by atoms with Crippen LogP contribution in [0.5, 0.6) is 0 Å². The van der Waals surface area contributed by atoms with Crippen molar-refractivity contribution in [2.45, 2.75) is 25.7 Å². The third kappa shape index (κ3) is 0.845. The molecule has 0 radical (unpaired) electrons. The lowest BCUT2D eigenvalue weighted by Crippen LogP contribution is -2.07. The van der Waals surface area contributed by atoms with Crippen LogP contribution in [-0.4, -0.2) is 7.11 Å². The summed E-state index contributed by atoms with van der Waals surface area (Å²) in [6.45, 7) is 0. The molecule has 2 aliphatic carbocycles. The molecule has 0 aromatic heterocycles. The minimum absolute atomic E-state index is 0.781. The van der Waals surface area contributed by atoms with Crippen LogP contribution in [0.2, 0.25) is 0 Å². The topological polar surface area (TPSA) is 9.23 Å². The van der Waals surface area contributed by atoms with E-state index in [0.29, 0.717) is 0 Å². The Hall–Kier alpha value is -0.460. The molecule has 2 bridgehead atoms. The van der Waals surface area contributed by atoms with Crippen molar-refractivity contribution < 1.29 is 4.74 Å². The molecule has 0 heterocycles. The highest BCUT2D eigenvalue weighted by atomic mass is 16.5. The third-order valence-electron chi connectivity index (χ3n) is 2.83. The number of hydrogen-bond donors (Lipinski definition) is 0. The average Bonchev–Trinajstić information content (AvgIpc) is 2.34. The van der Waals surface area contributed by atoms with E-state index in [1.165, 1.54) is 31.4 Å². The maximum absolute atomic E-state index is 5.28. The van der Waals surface area contributed by atoms with Crippen molar-refractivity contribution in [3.05, 3.63) is 11.8 Å². The van der Waals surface area contributed by atoms with Gasteiger partial charge in [-0.1, -0.05) is 0 Å². The van der Waals surface area contributed by atoms with Gasteiger partial charge in [-0.3, -0.25) is 0 Å². The monoisotopic (exact) mass is 138 g/mol. The maximum atomic E-state index is 5.28. The standard InChI is InChI=1S/C9H14O/c1-10-9-5-3-7-2-4-8(9)6-7/h5,7-8H,2-4,6H2,1H3. The summed E-state index contributed by atoms with van der Waals surface area (Å²) in [6.07, 6.45) is 7.73. The highest BCUT2D eigenvalue weighted by Crippen LogP contribution is 2.41. The van der Waals surface area contributed by atoms with Crippen molar-refractivity contribution >= 4 is 0 Å². The fourth-order valence-electron chi connectivity index (χ4n) is 2.25. The summed E-state index contributed by atoms with van der Waals surface area (Å²) in [7, 11) is 1.80. The van der Waals surface area contributed by atoms with Crippen molar-refractivity contribution in [3.63, 3.8) is 0 Å². The Bertz CT molecular complexity index is 160. The smallest absolute Gasteiger partial charge is 0.0946 e. The molecule has 2 unspecified atom stereocenters. The van der Waals surface area contributed by atoms with E-state index in [2.05, 4.69) is 6.08 Å². The summed E-state index contributed by atoms with van der Waals surface area (Å²) in [5, 5.41) is 0. The van der Waals surface area contributed by atoms with Crippen molar-refractivity contribution in [1.29, 1.82) is 0 Å². The largest absolute Gasteiger partial charge is 0.501 e. The number of rotatable bonds is 1. The van der Waals surface area contributed by atoms with Crippen LogP contribution in [0.15, 0.2) is 11.8 Å². The molecule has 2 atom stereocenters. The molecular weight excluding hydrogens is 124 g/mol. The van der Waals surface area contributed by atoms with E-state index >= 15 is 0 Å². The van der Waals surface area contributed by atoms with Crippen molar-refractivity contribution in [1.82, 2.24) is 0 Å². The highest BCUT2D eigenvalue weighted by molar-refractivity contribution is 5.07. The van der Waals surface area contributed by atoms with Gasteiger partial charge in [-0.15, -0.1) is 0 Å². The quantitative estimate of drug-likeness (QED) is 0.540. The molecule has 2 rings (SSSR count). The summed E-state index contributed by atoms with van der Waals surface area (Å²) in [5.74, 6) is 3.03. The first-order valence-electron chi connectivity index (χ1n) is 4.14. The van der Waals surface area contributed by atoms with Crippen LogP contribution < -0.4 is 0 Å². The van der Waals surface area contributed by atoms with Gasteiger partial charge in [-0.05, 0) is 37.7 Å². The van der Waals surface area contributed by atoms with Gasteiger partial charge in [0, 0.05) is 5.92 Å². The van der Waals surface area contributed by atoms with E-state index in [1.807, 2.05) is 0 Å². The third-order valence-corrected chi connectivity index (χ3v) is 2.83. The lowest BCUT2D eigenvalue weighted by molar-refractivity contribution is 0.230. The van der Waals surface area contributed by atoms with Gasteiger partial charge in [-0.25, -0.2) is 0 Å². The molecule has 0 spiro atoms. The molecule has 0 saturated heterocycles. The maximum Gasteiger partial charge on any atom is 0.0946 e. The fraction of sp³-hybridized carbons (Fsp3) is 0.778. The van der Waals surface area contributed by atoms with Crippen LogP contribution in [0, 0.1) is 11.8 Å². The molecule has 0 N–H and O–H groups in total. The number of hydrogen-bond acceptors (Lipinski definition) is 1. The molecule has 0 amide bonds. The van der Waals surface area contributed by atoms with Crippen LogP contribution in [0.25, 0.3) is 0 Å². The molecular formula is C9H14O. The summed E-state index contributed by atoms with van der Waals surface area (Å²) in [4.78, 5) is 0. The first-order chi connectivity index (χ1) is 4.90. The van der Waals surface area contributed by atoms with E-state index < -0.39 is 0 Å². The molecule has 56 valence electrons. The summed E-state index contributed by atoms with van der Waals surface area (Å²) < 4.78 is 5.28. The van der Waals surface area contributed by atoms with E-state index in [0.717, 1.165) is 11.8 Å². The van der Waals surface area contributed by atoms with E-state index in [-0.39, 0.29) is 0 Å². The van der Waals surface area contributed by atoms with Crippen molar-refractivity contribution in [2.24, 2.45) is 11.8 Å². The van der Waals surface area contributed by atoms with Crippen LogP contribution in [0.4, 0.5) is 0 Å². The number of fused-ring (bicyclic) bond motifs is 2. The van der Waals surface area contributed by atoms with E-state index in [1.54, 1.807) is 7.11 Å². The molecule has 1 fully saturated rings. The van der Waals surface area contributed by atoms with Gasteiger partial charge < -0.3 is 4.74 Å². The van der Waals surface area contributed by atoms with Gasteiger partial charge in [0.05, 0.1) is 12.9 Å². The predicted molar refractivity (Wildman–Crippen MR) is 40.5 cm³/mol. The van der Waals surface area contributed by atoms with Gasteiger partial charge in [0.25, 0.3) is 0 Å². The minimum atomic E-state index is 0.781. The summed E-state index contributed by atoms with van der Waals surface area (Å²) >= 11 is 0. The number of methoxy groups -OCH3 is 1. The Morgan fingerprint density at radius 1 is 1.50 bits per heavy atom. The van der Waals surface area contributed by atoms with Crippen LogP contribution >= 0.6 is 0 Å². The molecule has 1 saturated carbocycles. The zero-order valence-electron chi connectivity index (χ0n) is 6.47.